The zero-order valence-electron chi connectivity index (χ0n) is 19.4. The lowest BCUT2D eigenvalue weighted by molar-refractivity contribution is -0.163. The minimum absolute atomic E-state index is 0.0598. The minimum atomic E-state index is -1.09. The largest absolute Gasteiger partial charge is 0.462 e. The third-order valence-electron chi connectivity index (χ3n) is 5.01. The van der Waals surface area contributed by atoms with Crippen LogP contribution in [-0.2, 0) is 20.9 Å². The molecule has 1 atom stereocenters. The average molecular weight is 450 g/mol. The van der Waals surface area contributed by atoms with Crippen LogP contribution < -0.4 is 10.5 Å². The number of nitrogens with two attached hydrogens (primary N) is 1. The number of ether oxygens (including phenoxy) is 2. The fraction of sp³-hybridized carbons (Fsp3) is 0.360. The lowest BCUT2D eigenvalue weighted by atomic mass is 10.1. The first-order valence-corrected chi connectivity index (χ1v) is 10.6. The van der Waals surface area contributed by atoms with Gasteiger partial charge in [-0.05, 0) is 63.9 Å². The Balaban J connectivity index is 2.15. The van der Waals surface area contributed by atoms with Crippen LogP contribution in [-0.4, -0.2) is 38.9 Å². The zero-order chi connectivity index (χ0) is 24.3. The summed E-state index contributed by atoms with van der Waals surface area (Å²) in [6.07, 6.45) is 0.905. The third kappa shape index (κ3) is 5.14. The summed E-state index contributed by atoms with van der Waals surface area (Å²) in [7, 11) is 0. The molecule has 8 heteroatoms. The number of hydrogen-bond donors (Lipinski definition) is 1. The number of carbonyl (C=O) groups is 3. The number of nitrogens with zero attached hydrogens (tertiary/aromatic N) is 2. The first kappa shape index (κ1) is 23.8. The molecule has 8 nitrogen and oxygen atoms in total. The van der Waals surface area contributed by atoms with Crippen molar-refractivity contribution in [3.63, 3.8) is 0 Å². The summed E-state index contributed by atoms with van der Waals surface area (Å²) in [5, 5.41) is 0.326. The molecule has 2 aromatic heterocycles. The molecule has 0 aliphatic rings. The van der Waals surface area contributed by atoms with Crippen LogP contribution in [0.5, 0.6) is 5.88 Å². The predicted molar refractivity (Wildman–Crippen MR) is 122 cm³/mol. The normalized spacial score (nSPS) is 12.2. The van der Waals surface area contributed by atoms with Gasteiger partial charge in [0.2, 0.25) is 5.88 Å². The topological polar surface area (TPSA) is 114 Å². The van der Waals surface area contributed by atoms with Gasteiger partial charge in [0.1, 0.15) is 5.60 Å². The molecule has 0 spiro atoms. The fourth-order valence-electron chi connectivity index (χ4n) is 3.54. The van der Waals surface area contributed by atoms with Gasteiger partial charge in [0.15, 0.2) is 6.10 Å². The van der Waals surface area contributed by atoms with E-state index in [1.807, 2.05) is 10.6 Å². The van der Waals surface area contributed by atoms with Crippen LogP contribution in [0, 0.1) is 19.1 Å². The Labute approximate surface area is 192 Å². The number of hydrogen-bond acceptors (Lipinski definition) is 6. The van der Waals surface area contributed by atoms with Crippen molar-refractivity contribution in [1.29, 1.82) is 0 Å². The number of fused-ring (bicyclic) bond motifs is 1. The van der Waals surface area contributed by atoms with E-state index in [4.69, 9.17) is 15.2 Å². The van der Waals surface area contributed by atoms with Crippen LogP contribution >= 0.6 is 0 Å². The lowest BCUT2D eigenvalue weighted by Crippen LogP contribution is -2.35. The molecular formula is C25H27N3O5. The van der Waals surface area contributed by atoms with Crippen LogP contribution in [0.1, 0.15) is 55.7 Å². The Morgan fingerprint density at radius 1 is 1.21 bits per heavy atom. The van der Waals surface area contributed by atoms with E-state index in [0.717, 1.165) is 5.56 Å². The Hall–Kier alpha value is -3.86. The van der Waals surface area contributed by atoms with Gasteiger partial charge < -0.3 is 19.8 Å². The van der Waals surface area contributed by atoms with Crippen molar-refractivity contribution in [3.8, 4) is 5.88 Å². The van der Waals surface area contributed by atoms with E-state index in [-0.39, 0.29) is 11.4 Å². The smallest absolute Gasteiger partial charge is 0.347 e. The molecule has 2 heterocycles. The molecular weight excluding hydrogens is 422 g/mol. The quantitative estimate of drug-likeness (QED) is 0.321. The maximum Gasteiger partial charge on any atom is 0.347 e. The Morgan fingerprint density at radius 2 is 1.94 bits per heavy atom. The summed E-state index contributed by atoms with van der Waals surface area (Å²) in [6, 6.07) is 12.9. The van der Waals surface area contributed by atoms with Gasteiger partial charge in [-0.3, -0.25) is 9.59 Å². The third-order valence-corrected chi connectivity index (χ3v) is 5.01. The van der Waals surface area contributed by atoms with Crippen molar-refractivity contribution in [3.05, 3.63) is 59.4 Å². The van der Waals surface area contributed by atoms with E-state index in [2.05, 4.69) is 17.1 Å². The molecule has 0 aliphatic heterocycles. The molecule has 1 unspecified atom stereocenters. The molecule has 1 aromatic carbocycles. The number of esters is 1. The molecule has 0 saturated carbocycles. The summed E-state index contributed by atoms with van der Waals surface area (Å²) in [4.78, 5) is 41.6. The van der Waals surface area contributed by atoms with Crippen molar-refractivity contribution in [1.82, 2.24) is 9.55 Å². The summed E-state index contributed by atoms with van der Waals surface area (Å²) in [6.45, 7) is 9.22. The molecule has 2 N–H and O–H groups in total. The van der Waals surface area contributed by atoms with Gasteiger partial charge in [-0.15, -0.1) is 0 Å². The highest BCUT2D eigenvalue weighted by Crippen LogP contribution is 2.34. The first-order valence-electron chi connectivity index (χ1n) is 10.6. The van der Waals surface area contributed by atoms with E-state index in [0.29, 0.717) is 29.6 Å². The Bertz CT molecular complexity index is 1190. The van der Waals surface area contributed by atoms with Crippen LogP contribution in [0.3, 0.4) is 0 Å². The second-order valence-electron chi connectivity index (χ2n) is 8.64. The van der Waals surface area contributed by atoms with Gasteiger partial charge in [-0.25, -0.2) is 9.78 Å². The Kier molecular flexibility index (Phi) is 6.73. The predicted octanol–water partition coefficient (Wildman–Crippen LogP) is 3.16. The number of ketones is 1. The number of primary amides is 1. The fourth-order valence-corrected chi connectivity index (χ4v) is 3.54. The van der Waals surface area contributed by atoms with Crippen molar-refractivity contribution < 1.29 is 23.9 Å². The van der Waals surface area contributed by atoms with Crippen molar-refractivity contribution in [2.45, 2.75) is 59.3 Å². The van der Waals surface area contributed by atoms with E-state index in [9.17, 15) is 14.4 Å². The highest BCUT2D eigenvalue weighted by atomic mass is 16.6. The van der Waals surface area contributed by atoms with E-state index in [1.165, 1.54) is 6.20 Å². The minimum Gasteiger partial charge on any atom is -0.462 e. The maximum absolute atomic E-state index is 12.8. The van der Waals surface area contributed by atoms with Gasteiger partial charge >= 0.3 is 5.97 Å². The number of aromatic nitrogens is 2. The van der Waals surface area contributed by atoms with Gasteiger partial charge in [0, 0.05) is 18.4 Å². The van der Waals surface area contributed by atoms with E-state index >= 15 is 0 Å². The molecule has 0 aliphatic carbocycles. The van der Waals surface area contributed by atoms with E-state index < -0.39 is 29.4 Å². The number of rotatable bonds is 8. The monoisotopic (exact) mass is 449 g/mol. The molecule has 0 radical (unpaired) electrons. The summed E-state index contributed by atoms with van der Waals surface area (Å²) >= 11 is 0. The SMILES string of the molecule is CCC(Oc1nccc2c1c(C(=O)C(N)=O)c(C)n2Cc1cc#ccc1)C(=O)OC(C)(C)C. The van der Waals surface area contributed by atoms with Gasteiger partial charge in [0.05, 0.1) is 16.5 Å². The molecule has 1 amide bonds. The number of pyridine rings is 1. The zero-order valence-corrected chi connectivity index (χ0v) is 19.4. The second kappa shape index (κ2) is 9.33. The van der Waals surface area contributed by atoms with Crippen LogP contribution in [0.2, 0.25) is 0 Å². The maximum atomic E-state index is 12.8. The van der Waals surface area contributed by atoms with Crippen LogP contribution in [0.25, 0.3) is 10.9 Å². The highest BCUT2D eigenvalue weighted by Gasteiger charge is 2.30. The second-order valence-corrected chi connectivity index (χ2v) is 8.64. The van der Waals surface area contributed by atoms with Crippen molar-refractivity contribution >= 4 is 28.6 Å². The Morgan fingerprint density at radius 3 is 2.52 bits per heavy atom. The standard InChI is InChI=1S/C25H27N3O5/c1-6-18(24(31)33-25(3,4)5)32-23-20-17(12-13-27-23)28(14-16-10-8-7-9-11-16)15(2)19(20)21(29)22(26)30/h8,10-13,18H,6,14H2,1-5H3,(H2,26,30). The number of carbonyl (C=O) groups excluding carboxylic acids is 3. The van der Waals surface area contributed by atoms with Gasteiger partial charge in [0.25, 0.3) is 11.7 Å². The first-order chi connectivity index (χ1) is 15.5. The summed E-state index contributed by atoms with van der Waals surface area (Å²) in [5.74, 6) is -2.43. The molecule has 3 aromatic rings. The average Bonchev–Trinajstić information content (AvgIpc) is 3.03. The van der Waals surface area contributed by atoms with Crippen molar-refractivity contribution in [2.24, 2.45) is 5.73 Å². The molecule has 33 heavy (non-hydrogen) atoms. The van der Waals surface area contributed by atoms with Crippen molar-refractivity contribution in [2.75, 3.05) is 0 Å². The molecule has 0 fully saturated rings. The molecule has 172 valence electrons. The molecule has 0 bridgehead atoms. The highest BCUT2D eigenvalue weighted by molar-refractivity contribution is 6.45. The molecule has 3 rings (SSSR count). The van der Waals surface area contributed by atoms with Gasteiger partial charge in [-0.1, -0.05) is 19.1 Å². The number of Topliss-reactive ketones (excluding diaryl/α,β-unsaturated/α-hetero) is 1. The summed E-state index contributed by atoms with van der Waals surface area (Å²) in [5.41, 5.74) is 6.83. The van der Waals surface area contributed by atoms with E-state index in [1.54, 1.807) is 52.8 Å². The van der Waals surface area contributed by atoms with Gasteiger partial charge in [-0.2, -0.15) is 0 Å². The van der Waals surface area contributed by atoms with Crippen LogP contribution in [0.15, 0.2) is 30.5 Å². The summed E-state index contributed by atoms with van der Waals surface area (Å²) < 4.78 is 13.3. The van der Waals surface area contributed by atoms with Crippen LogP contribution in [0.4, 0.5) is 0 Å². The number of amides is 1. The molecule has 0 saturated heterocycles. The lowest BCUT2D eigenvalue weighted by Gasteiger charge is -2.23.